The fourth-order valence-electron chi connectivity index (χ4n) is 2.66. The van der Waals surface area contributed by atoms with E-state index in [1.54, 1.807) is 0 Å². The van der Waals surface area contributed by atoms with E-state index in [0.29, 0.717) is 17.7 Å². The zero-order chi connectivity index (χ0) is 25.0. The molecule has 0 fully saturated rings. The van der Waals surface area contributed by atoms with Crippen LogP contribution in [0.25, 0.3) is 0 Å². The van der Waals surface area contributed by atoms with Crippen molar-refractivity contribution in [3.8, 4) is 5.75 Å². The molecule has 0 heterocycles. The standard InChI is InChI=1S/C20H30N4O7S2/c1-33-7-6-13(21)17(27)23-15(9-25)19(29)22-14(8-11-2-4-12(26)5-3-11)18(28)24-16(10-32)20(30)31/h2-5,13-16,25-26,32H,6-10,21H2,1H3,(H,22,29)(H,23,27)(H,24,28)(H,30,31). The van der Waals surface area contributed by atoms with Gasteiger partial charge in [-0.2, -0.15) is 24.4 Å². The average Bonchev–Trinajstić information content (AvgIpc) is 2.79. The molecule has 11 nitrogen and oxygen atoms in total. The van der Waals surface area contributed by atoms with Gasteiger partial charge in [0.15, 0.2) is 0 Å². The van der Waals surface area contributed by atoms with Gasteiger partial charge in [-0.25, -0.2) is 4.79 Å². The molecule has 13 heteroatoms. The lowest BCUT2D eigenvalue weighted by atomic mass is 10.0. The molecule has 184 valence electrons. The molecule has 4 atom stereocenters. The van der Waals surface area contributed by atoms with Crippen LogP contribution < -0.4 is 21.7 Å². The summed E-state index contributed by atoms with van der Waals surface area (Å²) < 4.78 is 0. The van der Waals surface area contributed by atoms with Crippen molar-refractivity contribution in [2.24, 2.45) is 5.73 Å². The molecule has 0 aliphatic carbocycles. The lowest BCUT2D eigenvalue weighted by Gasteiger charge is -2.24. The van der Waals surface area contributed by atoms with Crippen LogP contribution in [0, 0.1) is 0 Å². The highest BCUT2D eigenvalue weighted by Crippen LogP contribution is 2.12. The van der Waals surface area contributed by atoms with E-state index in [-0.39, 0.29) is 17.9 Å². The maximum absolute atomic E-state index is 12.7. The van der Waals surface area contributed by atoms with Gasteiger partial charge in [-0.05, 0) is 36.1 Å². The number of hydrogen-bond acceptors (Lipinski definition) is 9. The topological polar surface area (TPSA) is 191 Å². The van der Waals surface area contributed by atoms with Crippen LogP contribution in [0.1, 0.15) is 12.0 Å². The first-order valence-corrected chi connectivity index (χ1v) is 12.0. The second-order valence-electron chi connectivity index (χ2n) is 7.15. The number of nitrogens with one attached hydrogen (secondary N) is 3. The van der Waals surface area contributed by atoms with Crippen LogP contribution in [0.15, 0.2) is 24.3 Å². The molecule has 33 heavy (non-hydrogen) atoms. The number of thiol groups is 1. The minimum Gasteiger partial charge on any atom is -0.508 e. The second-order valence-corrected chi connectivity index (χ2v) is 8.50. The van der Waals surface area contributed by atoms with Crippen molar-refractivity contribution in [1.29, 1.82) is 0 Å². The minimum absolute atomic E-state index is 0.00525. The SMILES string of the molecule is CSCCC(N)C(=O)NC(CO)C(=O)NC(Cc1ccc(O)cc1)C(=O)NC(CS)C(=O)O. The lowest BCUT2D eigenvalue weighted by molar-refractivity contribution is -0.141. The number of aliphatic hydroxyl groups is 1. The number of rotatable bonds is 14. The molecule has 3 amide bonds. The number of aromatic hydroxyl groups is 1. The third-order valence-corrected chi connectivity index (χ3v) is 5.60. The first kappa shape index (κ1) is 28.6. The average molecular weight is 503 g/mol. The Hall–Kier alpha value is -2.48. The Labute approximate surface area is 201 Å². The van der Waals surface area contributed by atoms with Gasteiger partial charge in [-0.3, -0.25) is 14.4 Å². The summed E-state index contributed by atoms with van der Waals surface area (Å²) in [4.78, 5) is 48.9. The molecular weight excluding hydrogens is 472 g/mol. The van der Waals surface area contributed by atoms with Crippen LogP contribution in [-0.2, 0) is 25.6 Å². The van der Waals surface area contributed by atoms with Gasteiger partial charge in [-0.15, -0.1) is 0 Å². The van der Waals surface area contributed by atoms with Gasteiger partial charge in [0.1, 0.15) is 23.9 Å². The number of carboxylic acids is 1. The fraction of sp³-hybridized carbons (Fsp3) is 0.500. The number of hydrogen-bond donors (Lipinski definition) is 8. The minimum atomic E-state index is -1.37. The van der Waals surface area contributed by atoms with Gasteiger partial charge in [0.05, 0.1) is 12.6 Å². The smallest absolute Gasteiger partial charge is 0.327 e. The van der Waals surface area contributed by atoms with Crippen molar-refractivity contribution in [2.45, 2.75) is 37.0 Å². The quantitative estimate of drug-likeness (QED) is 0.140. The van der Waals surface area contributed by atoms with E-state index in [2.05, 4.69) is 28.6 Å². The molecule has 0 bridgehead atoms. The van der Waals surface area contributed by atoms with E-state index < -0.39 is 54.5 Å². The molecule has 1 rings (SSSR count). The van der Waals surface area contributed by atoms with E-state index in [1.807, 2.05) is 6.26 Å². The van der Waals surface area contributed by atoms with Crippen molar-refractivity contribution < 1.29 is 34.5 Å². The number of aliphatic hydroxyl groups excluding tert-OH is 1. The Morgan fingerprint density at radius 1 is 1.00 bits per heavy atom. The number of carboxylic acid groups (broad SMARTS) is 1. The first-order chi connectivity index (χ1) is 15.6. The highest BCUT2D eigenvalue weighted by molar-refractivity contribution is 7.98. The molecular formula is C20H30N4O7S2. The Morgan fingerprint density at radius 2 is 1.55 bits per heavy atom. The normalized spacial score (nSPS) is 14.4. The summed E-state index contributed by atoms with van der Waals surface area (Å²) in [6.45, 7) is -0.741. The van der Waals surface area contributed by atoms with E-state index in [4.69, 9.17) is 5.73 Å². The number of phenols is 1. The summed E-state index contributed by atoms with van der Waals surface area (Å²) in [7, 11) is 0. The predicted octanol–water partition coefficient (Wildman–Crippen LogP) is -1.52. The number of thioether (sulfide) groups is 1. The summed E-state index contributed by atoms with van der Waals surface area (Å²) >= 11 is 5.41. The summed E-state index contributed by atoms with van der Waals surface area (Å²) in [5, 5.41) is 35.3. The van der Waals surface area contributed by atoms with Crippen LogP contribution in [0.3, 0.4) is 0 Å². The molecule has 1 aromatic rings. The second kappa shape index (κ2) is 14.6. The van der Waals surface area contributed by atoms with E-state index in [9.17, 15) is 34.5 Å². The third-order valence-electron chi connectivity index (χ3n) is 4.59. The molecule has 4 unspecified atom stereocenters. The van der Waals surface area contributed by atoms with Crippen LogP contribution in [0.4, 0.5) is 0 Å². The molecule has 1 aromatic carbocycles. The van der Waals surface area contributed by atoms with Gasteiger partial charge >= 0.3 is 5.97 Å². The van der Waals surface area contributed by atoms with Gasteiger partial charge in [0.2, 0.25) is 17.7 Å². The number of benzene rings is 1. The van der Waals surface area contributed by atoms with Crippen molar-refractivity contribution >= 4 is 48.1 Å². The Morgan fingerprint density at radius 3 is 2.06 bits per heavy atom. The number of aliphatic carboxylic acids is 1. The monoisotopic (exact) mass is 502 g/mol. The molecule has 0 aliphatic rings. The Bertz CT molecular complexity index is 810. The summed E-state index contributed by atoms with van der Waals surface area (Å²) in [6, 6.07) is 1.09. The van der Waals surface area contributed by atoms with Crippen LogP contribution in [0.5, 0.6) is 5.75 Å². The van der Waals surface area contributed by atoms with Crippen molar-refractivity contribution in [3.05, 3.63) is 29.8 Å². The Kier molecular flexibility index (Phi) is 12.7. The zero-order valence-electron chi connectivity index (χ0n) is 18.1. The lowest BCUT2D eigenvalue weighted by Crippen LogP contribution is -2.58. The molecule has 0 spiro atoms. The molecule has 0 aromatic heterocycles. The maximum atomic E-state index is 12.7. The summed E-state index contributed by atoms with van der Waals surface area (Å²) in [6.07, 6.45) is 2.19. The Balaban J connectivity index is 2.97. The van der Waals surface area contributed by atoms with Gasteiger partial charge in [-0.1, -0.05) is 12.1 Å². The van der Waals surface area contributed by atoms with Crippen molar-refractivity contribution in [1.82, 2.24) is 16.0 Å². The van der Waals surface area contributed by atoms with E-state index >= 15 is 0 Å². The highest BCUT2D eigenvalue weighted by atomic mass is 32.2. The predicted molar refractivity (Wildman–Crippen MR) is 127 cm³/mol. The summed E-state index contributed by atoms with van der Waals surface area (Å²) in [5.41, 5.74) is 6.35. The number of carbonyl (C=O) groups excluding carboxylic acids is 3. The molecule has 8 N–H and O–H groups in total. The van der Waals surface area contributed by atoms with Crippen molar-refractivity contribution in [2.75, 3.05) is 24.4 Å². The van der Waals surface area contributed by atoms with Gasteiger partial charge in [0, 0.05) is 12.2 Å². The van der Waals surface area contributed by atoms with Crippen LogP contribution in [0.2, 0.25) is 0 Å². The highest BCUT2D eigenvalue weighted by Gasteiger charge is 2.30. The van der Waals surface area contributed by atoms with Crippen LogP contribution in [-0.4, -0.2) is 87.5 Å². The number of phenolic OH excluding ortho intramolecular Hbond substituents is 1. The first-order valence-electron chi connectivity index (χ1n) is 10.0. The maximum Gasteiger partial charge on any atom is 0.327 e. The largest absolute Gasteiger partial charge is 0.508 e. The number of nitrogens with two attached hydrogens (primary N) is 1. The zero-order valence-corrected chi connectivity index (χ0v) is 19.8. The fourth-order valence-corrected chi connectivity index (χ4v) is 3.39. The van der Waals surface area contributed by atoms with Crippen molar-refractivity contribution in [3.63, 3.8) is 0 Å². The van der Waals surface area contributed by atoms with Gasteiger partial charge in [0.25, 0.3) is 0 Å². The molecule has 0 aliphatic heterocycles. The number of amides is 3. The third kappa shape index (κ3) is 9.90. The molecule has 0 saturated carbocycles. The molecule has 0 saturated heterocycles. The van der Waals surface area contributed by atoms with Crippen LogP contribution >= 0.6 is 24.4 Å². The van der Waals surface area contributed by atoms with Gasteiger partial charge < -0.3 is 37.0 Å². The summed E-state index contributed by atoms with van der Waals surface area (Å²) in [5.74, 6) is -3.10. The molecule has 0 radical (unpaired) electrons. The van der Waals surface area contributed by atoms with E-state index in [0.717, 1.165) is 0 Å². The van der Waals surface area contributed by atoms with E-state index in [1.165, 1.54) is 36.0 Å². The number of carbonyl (C=O) groups is 4.